The summed E-state index contributed by atoms with van der Waals surface area (Å²) in [5, 5.41) is 3.44. The molecule has 0 saturated heterocycles. The highest BCUT2D eigenvalue weighted by Gasteiger charge is 2.19. The van der Waals surface area contributed by atoms with Gasteiger partial charge in [-0.2, -0.15) is 0 Å². The van der Waals surface area contributed by atoms with E-state index in [9.17, 15) is 0 Å². The van der Waals surface area contributed by atoms with Gasteiger partial charge in [-0.15, -0.1) is 0 Å². The van der Waals surface area contributed by atoms with Crippen LogP contribution in [0.3, 0.4) is 0 Å². The first kappa shape index (κ1) is 15.7. The molecule has 0 saturated carbocycles. The Morgan fingerprint density at radius 3 is 2.41 bits per heavy atom. The van der Waals surface area contributed by atoms with Crippen molar-refractivity contribution in [3.8, 4) is 5.69 Å². The quantitative estimate of drug-likeness (QED) is 0.336. The lowest BCUT2D eigenvalue weighted by atomic mass is 10.1. The molecular weight excluding hydrogens is 330 g/mol. The Balaban J connectivity index is 2.01. The molecule has 2 aromatic heterocycles. The van der Waals surface area contributed by atoms with Gasteiger partial charge in [0, 0.05) is 22.0 Å². The molecule has 0 unspecified atom stereocenters. The maximum atomic E-state index is 6.33. The molecule has 2 nitrogen and oxygen atoms in total. The number of hydrogen-bond acceptors (Lipinski definition) is 1. The van der Waals surface area contributed by atoms with Crippen LogP contribution in [0.1, 0.15) is 18.2 Å². The Labute approximate surface area is 157 Å². The normalized spacial score (nSPS) is 11.9. The molecule has 5 aromatic rings. The number of furan rings is 1. The zero-order chi connectivity index (χ0) is 18.4. The van der Waals surface area contributed by atoms with E-state index >= 15 is 0 Å². The first-order valence-corrected chi connectivity index (χ1v) is 9.12. The Kier molecular flexibility index (Phi) is 3.51. The number of fused-ring (bicyclic) bond motifs is 5. The Bertz CT molecular complexity index is 1330. The molecule has 0 fully saturated rings. The number of benzene rings is 3. The molecule has 3 aromatic carbocycles. The van der Waals surface area contributed by atoms with E-state index in [2.05, 4.69) is 71.8 Å². The average Bonchev–Trinajstić information content (AvgIpc) is 3.23. The Morgan fingerprint density at radius 1 is 0.852 bits per heavy atom. The van der Waals surface area contributed by atoms with Crippen molar-refractivity contribution in [2.75, 3.05) is 0 Å². The fraction of sp³-hybridized carbons (Fsp3) is 0.0400. The summed E-state index contributed by atoms with van der Waals surface area (Å²) < 4.78 is 8.63. The van der Waals surface area contributed by atoms with Gasteiger partial charge in [0.05, 0.1) is 16.4 Å². The molecule has 0 spiro atoms. The molecule has 0 bridgehead atoms. The van der Waals surface area contributed by atoms with Crippen LogP contribution in [0, 0.1) is 0 Å². The van der Waals surface area contributed by atoms with E-state index in [-0.39, 0.29) is 0 Å². The van der Waals surface area contributed by atoms with E-state index in [4.69, 9.17) is 4.42 Å². The van der Waals surface area contributed by atoms with Crippen LogP contribution in [0.25, 0.3) is 50.6 Å². The lowest BCUT2D eigenvalue weighted by Crippen LogP contribution is -1.92. The van der Waals surface area contributed by atoms with Crippen LogP contribution < -0.4 is 0 Å². The van der Waals surface area contributed by atoms with Crippen LogP contribution in [0.2, 0.25) is 0 Å². The van der Waals surface area contributed by atoms with Crippen molar-refractivity contribution >= 4 is 44.9 Å². The summed E-state index contributed by atoms with van der Waals surface area (Å²) in [7, 11) is 0. The van der Waals surface area contributed by atoms with Crippen LogP contribution in [0.4, 0.5) is 0 Å². The lowest BCUT2D eigenvalue weighted by Gasteiger charge is -2.07. The smallest absolute Gasteiger partial charge is 0.145 e. The molecule has 5 rings (SSSR count). The summed E-state index contributed by atoms with van der Waals surface area (Å²) in [5.41, 5.74) is 5.43. The summed E-state index contributed by atoms with van der Waals surface area (Å²) >= 11 is 0. The lowest BCUT2D eigenvalue weighted by molar-refractivity contribution is 0.606. The van der Waals surface area contributed by atoms with Gasteiger partial charge >= 0.3 is 0 Å². The van der Waals surface area contributed by atoms with Crippen LogP contribution in [-0.2, 0) is 0 Å². The minimum absolute atomic E-state index is 0.853. The van der Waals surface area contributed by atoms with Gasteiger partial charge in [0.25, 0.3) is 0 Å². The second kappa shape index (κ2) is 6.03. The van der Waals surface area contributed by atoms with Gasteiger partial charge in [0.15, 0.2) is 0 Å². The molecule has 0 aliphatic carbocycles. The molecule has 130 valence electrons. The predicted molar refractivity (Wildman–Crippen MR) is 115 cm³/mol. The Morgan fingerprint density at radius 2 is 1.63 bits per heavy atom. The standard InChI is InChI=1S/C25H19NO/c1-3-10-23-18(4-2)19-15-16-22-24(25(19)27-23)20-13-8-9-14-21(20)26(22)17-11-6-5-7-12-17/h3-16H,2H2,1H3/b10-3-. The third kappa shape index (κ3) is 2.20. The number of aromatic nitrogens is 1. The maximum Gasteiger partial charge on any atom is 0.145 e. The molecule has 0 atom stereocenters. The van der Waals surface area contributed by atoms with Crippen molar-refractivity contribution in [2.24, 2.45) is 0 Å². The van der Waals surface area contributed by atoms with Gasteiger partial charge in [0.1, 0.15) is 11.3 Å². The van der Waals surface area contributed by atoms with Crippen molar-refractivity contribution in [3.63, 3.8) is 0 Å². The fourth-order valence-corrected chi connectivity index (χ4v) is 3.99. The van der Waals surface area contributed by atoms with Crippen LogP contribution >= 0.6 is 0 Å². The van der Waals surface area contributed by atoms with Crippen molar-refractivity contribution < 1.29 is 4.42 Å². The minimum atomic E-state index is 0.853. The van der Waals surface area contributed by atoms with Crippen molar-refractivity contribution in [2.45, 2.75) is 6.92 Å². The van der Waals surface area contributed by atoms with E-state index in [1.807, 2.05) is 31.2 Å². The summed E-state index contributed by atoms with van der Waals surface area (Å²) in [6.45, 7) is 5.99. The van der Waals surface area contributed by atoms with E-state index in [0.29, 0.717) is 0 Å². The number of allylic oxidation sites excluding steroid dienone is 1. The third-order valence-electron chi connectivity index (χ3n) is 5.10. The van der Waals surface area contributed by atoms with Crippen LogP contribution in [-0.4, -0.2) is 4.57 Å². The first-order valence-electron chi connectivity index (χ1n) is 9.12. The minimum Gasteiger partial charge on any atom is -0.455 e. The summed E-state index contributed by atoms with van der Waals surface area (Å²) in [4.78, 5) is 0. The molecule has 0 amide bonds. The fourth-order valence-electron chi connectivity index (χ4n) is 3.99. The van der Waals surface area contributed by atoms with Crippen molar-refractivity contribution in [1.29, 1.82) is 0 Å². The SMILES string of the molecule is C=Cc1c(/C=C\C)oc2c1ccc1c2c2ccccc2n1-c1ccccc1. The van der Waals surface area contributed by atoms with Crippen LogP contribution in [0.15, 0.2) is 83.8 Å². The van der Waals surface area contributed by atoms with Crippen molar-refractivity contribution in [1.82, 2.24) is 4.57 Å². The molecule has 0 aliphatic rings. The van der Waals surface area contributed by atoms with E-state index < -0.39 is 0 Å². The Hall–Kier alpha value is -3.52. The summed E-state index contributed by atoms with van der Waals surface area (Å²) in [6.07, 6.45) is 5.87. The van der Waals surface area contributed by atoms with Gasteiger partial charge in [-0.1, -0.05) is 55.1 Å². The number of rotatable bonds is 3. The zero-order valence-corrected chi connectivity index (χ0v) is 15.1. The van der Waals surface area contributed by atoms with E-state index in [1.165, 1.54) is 10.9 Å². The zero-order valence-electron chi connectivity index (χ0n) is 15.1. The van der Waals surface area contributed by atoms with Gasteiger partial charge in [-0.05, 0) is 43.3 Å². The second-order valence-electron chi connectivity index (χ2n) is 6.61. The topological polar surface area (TPSA) is 18.1 Å². The van der Waals surface area contributed by atoms with Crippen molar-refractivity contribution in [3.05, 3.63) is 90.7 Å². The maximum absolute atomic E-state index is 6.33. The molecular formula is C25H19NO. The molecule has 0 N–H and O–H groups in total. The van der Waals surface area contributed by atoms with Crippen LogP contribution in [0.5, 0.6) is 0 Å². The highest BCUT2D eigenvalue weighted by atomic mass is 16.3. The van der Waals surface area contributed by atoms with Gasteiger partial charge in [-0.3, -0.25) is 0 Å². The highest BCUT2D eigenvalue weighted by molar-refractivity contribution is 6.20. The van der Waals surface area contributed by atoms with E-state index in [0.717, 1.165) is 38.9 Å². The highest BCUT2D eigenvalue weighted by Crippen LogP contribution is 2.40. The molecule has 2 heterocycles. The van der Waals surface area contributed by atoms with Gasteiger partial charge in [-0.25, -0.2) is 0 Å². The van der Waals surface area contributed by atoms with Gasteiger partial charge in [0.2, 0.25) is 0 Å². The number of hydrogen-bond donors (Lipinski definition) is 0. The number of nitrogens with zero attached hydrogens (tertiary/aromatic N) is 1. The predicted octanol–water partition coefficient (Wildman–Crippen LogP) is 7.21. The summed E-state index contributed by atoms with van der Waals surface area (Å²) in [5.74, 6) is 0.853. The molecule has 0 radical (unpaired) electrons. The third-order valence-corrected chi connectivity index (χ3v) is 5.10. The largest absolute Gasteiger partial charge is 0.455 e. The van der Waals surface area contributed by atoms with Gasteiger partial charge < -0.3 is 8.98 Å². The second-order valence-corrected chi connectivity index (χ2v) is 6.61. The van der Waals surface area contributed by atoms with E-state index in [1.54, 1.807) is 0 Å². The monoisotopic (exact) mass is 349 g/mol. The first-order chi connectivity index (χ1) is 13.3. The summed E-state index contributed by atoms with van der Waals surface area (Å²) in [6, 6.07) is 23.3. The molecule has 2 heteroatoms. The molecule has 27 heavy (non-hydrogen) atoms. The molecule has 0 aliphatic heterocycles. The average molecular weight is 349 g/mol. The number of para-hydroxylation sites is 2.